The van der Waals surface area contributed by atoms with Crippen LogP contribution in [-0.2, 0) is 6.42 Å². The van der Waals surface area contributed by atoms with Gasteiger partial charge in [-0.05, 0) is 43.0 Å². The first-order valence-corrected chi connectivity index (χ1v) is 6.81. The van der Waals surface area contributed by atoms with Crippen molar-refractivity contribution in [3.05, 3.63) is 64.7 Å². The van der Waals surface area contributed by atoms with Gasteiger partial charge in [0.15, 0.2) is 0 Å². The molecule has 2 rings (SSSR count). The minimum atomic E-state index is 0.0758. The fraction of sp³-hybridized carbons (Fsp3) is 0.294. The van der Waals surface area contributed by atoms with Gasteiger partial charge in [-0.1, -0.05) is 42.0 Å². The number of hydrazine groups is 1. The molecule has 0 aromatic heterocycles. The SMILES string of the molecule is COc1ccccc1CC(NN)c1ccc(C)cc1C. The Labute approximate surface area is 120 Å². The molecule has 0 spiro atoms. The number of hydrogen-bond acceptors (Lipinski definition) is 3. The molecule has 0 amide bonds. The van der Waals surface area contributed by atoms with E-state index in [1.807, 2.05) is 18.2 Å². The van der Waals surface area contributed by atoms with E-state index in [0.29, 0.717) is 0 Å². The van der Waals surface area contributed by atoms with Crippen LogP contribution < -0.4 is 16.0 Å². The highest BCUT2D eigenvalue weighted by molar-refractivity contribution is 5.38. The molecular formula is C17H22N2O. The van der Waals surface area contributed by atoms with Gasteiger partial charge in [0.1, 0.15) is 5.75 Å². The lowest BCUT2D eigenvalue weighted by Gasteiger charge is -2.20. The van der Waals surface area contributed by atoms with Crippen molar-refractivity contribution in [2.45, 2.75) is 26.3 Å². The molecule has 1 unspecified atom stereocenters. The minimum Gasteiger partial charge on any atom is -0.496 e. The summed E-state index contributed by atoms with van der Waals surface area (Å²) in [6.07, 6.45) is 0.796. The maximum absolute atomic E-state index is 5.76. The smallest absolute Gasteiger partial charge is 0.122 e. The monoisotopic (exact) mass is 270 g/mol. The van der Waals surface area contributed by atoms with Gasteiger partial charge in [0.2, 0.25) is 0 Å². The number of benzene rings is 2. The molecule has 0 aliphatic heterocycles. The van der Waals surface area contributed by atoms with E-state index in [-0.39, 0.29) is 6.04 Å². The molecule has 0 aliphatic rings. The molecule has 0 aliphatic carbocycles. The number of nitrogens with one attached hydrogen (secondary N) is 1. The maximum Gasteiger partial charge on any atom is 0.122 e. The zero-order valence-electron chi connectivity index (χ0n) is 12.3. The van der Waals surface area contributed by atoms with Gasteiger partial charge >= 0.3 is 0 Å². The van der Waals surface area contributed by atoms with Gasteiger partial charge in [-0.3, -0.25) is 11.3 Å². The Bertz CT molecular complexity index is 581. The maximum atomic E-state index is 5.76. The Hall–Kier alpha value is -1.84. The molecule has 0 radical (unpaired) electrons. The largest absolute Gasteiger partial charge is 0.496 e. The van der Waals surface area contributed by atoms with Crippen LogP contribution in [0.5, 0.6) is 5.75 Å². The predicted molar refractivity (Wildman–Crippen MR) is 82.7 cm³/mol. The molecule has 3 heteroatoms. The molecule has 0 fully saturated rings. The predicted octanol–water partition coefficient (Wildman–Crippen LogP) is 3.06. The summed E-state index contributed by atoms with van der Waals surface area (Å²) in [6, 6.07) is 14.6. The molecule has 0 bridgehead atoms. The lowest BCUT2D eigenvalue weighted by Crippen LogP contribution is -2.30. The lowest BCUT2D eigenvalue weighted by molar-refractivity contribution is 0.405. The summed E-state index contributed by atoms with van der Waals surface area (Å²) in [6.45, 7) is 4.22. The lowest BCUT2D eigenvalue weighted by atomic mass is 9.94. The number of ether oxygens (including phenoxy) is 1. The molecule has 0 saturated carbocycles. The Morgan fingerprint density at radius 1 is 1.15 bits per heavy atom. The van der Waals surface area contributed by atoms with Crippen LogP contribution in [0.25, 0.3) is 0 Å². The molecule has 1 atom stereocenters. The summed E-state index contributed by atoms with van der Waals surface area (Å²) in [5.74, 6) is 6.66. The number of para-hydroxylation sites is 1. The first-order chi connectivity index (χ1) is 9.65. The van der Waals surface area contributed by atoms with Gasteiger partial charge in [-0.25, -0.2) is 0 Å². The van der Waals surface area contributed by atoms with Crippen molar-refractivity contribution in [2.24, 2.45) is 5.84 Å². The van der Waals surface area contributed by atoms with E-state index >= 15 is 0 Å². The second-order valence-electron chi connectivity index (χ2n) is 5.10. The summed E-state index contributed by atoms with van der Waals surface area (Å²) in [4.78, 5) is 0. The summed E-state index contributed by atoms with van der Waals surface area (Å²) in [5.41, 5.74) is 7.82. The van der Waals surface area contributed by atoms with Gasteiger partial charge in [-0.2, -0.15) is 0 Å². The number of methoxy groups -OCH3 is 1. The van der Waals surface area contributed by atoms with Crippen LogP contribution in [0.15, 0.2) is 42.5 Å². The third-order valence-electron chi connectivity index (χ3n) is 3.62. The molecule has 2 aromatic carbocycles. The fourth-order valence-corrected chi connectivity index (χ4v) is 2.57. The van der Waals surface area contributed by atoms with Crippen molar-refractivity contribution in [2.75, 3.05) is 7.11 Å². The Morgan fingerprint density at radius 2 is 1.90 bits per heavy atom. The Balaban J connectivity index is 2.29. The molecule has 3 nitrogen and oxygen atoms in total. The van der Waals surface area contributed by atoms with E-state index in [1.54, 1.807) is 7.11 Å². The third kappa shape index (κ3) is 3.18. The van der Waals surface area contributed by atoms with E-state index in [4.69, 9.17) is 10.6 Å². The van der Waals surface area contributed by atoms with Crippen molar-refractivity contribution >= 4 is 0 Å². The second-order valence-corrected chi connectivity index (χ2v) is 5.10. The van der Waals surface area contributed by atoms with Gasteiger partial charge in [-0.15, -0.1) is 0 Å². The van der Waals surface area contributed by atoms with Crippen LogP contribution in [0.1, 0.15) is 28.3 Å². The highest BCUT2D eigenvalue weighted by Gasteiger charge is 2.15. The summed E-state index contributed by atoms with van der Waals surface area (Å²) in [7, 11) is 1.70. The first kappa shape index (κ1) is 14.6. The van der Waals surface area contributed by atoms with Crippen LogP contribution in [0.4, 0.5) is 0 Å². The molecular weight excluding hydrogens is 248 g/mol. The number of nitrogens with two attached hydrogens (primary N) is 1. The highest BCUT2D eigenvalue weighted by atomic mass is 16.5. The van der Waals surface area contributed by atoms with Crippen molar-refractivity contribution in [1.29, 1.82) is 0 Å². The molecule has 3 N–H and O–H groups in total. The Kier molecular flexibility index (Phi) is 4.77. The van der Waals surface area contributed by atoms with Gasteiger partial charge < -0.3 is 4.74 Å². The number of aryl methyl sites for hydroxylation is 2. The van der Waals surface area contributed by atoms with E-state index in [1.165, 1.54) is 16.7 Å². The fourth-order valence-electron chi connectivity index (χ4n) is 2.57. The molecule has 106 valence electrons. The molecule has 2 aromatic rings. The average Bonchev–Trinajstić information content (AvgIpc) is 2.46. The third-order valence-corrected chi connectivity index (χ3v) is 3.62. The molecule has 0 heterocycles. The normalized spacial score (nSPS) is 12.2. The van der Waals surface area contributed by atoms with Crippen molar-refractivity contribution in [3.8, 4) is 5.75 Å². The van der Waals surface area contributed by atoms with E-state index in [9.17, 15) is 0 Å². The van der Waals surface area contributed by atoms with Gasteiger partial charge in [0.05, 0.1) is 13.2 Å². The number of rotatable bonds is 5. The Morgan fingerprint density at radius 3 is 2.55 bits per heavy atom. The van der Waals surface area contributed by atoms with Crippen molar-refractivity contribution < 1.29 is 4.74 Å². The van der Waals surface area contributed by atoms with Gasteiger partial charge in [0, 0.05) is 0 Å². The standard InChI is InChI=1S/C17H22N2O/c1-12-8-9-15(13(2)10-12)16(19-18)11-14-6-4-5-7-17(14)20-3/h4-10,16,19H,11,18H2,1-3H3. The minimum absolute atomic E-state index is 0.0758. The average molecular weight is 270 g/mol. The van der Waals surface area contributed by atoms with Crippen molar-refractivity contribution in [3.63, 3.8) is 0 Å². The van der Waals surface area contributed by atoms with E-state index in [2.05, 4.69) is 43.5 Å². The van der Waals surface area contributed by atoms with E-state index < -0.39 is 0 Å². The topological polar surface area (TPSA) is 47.3 Å². The first-order valence-electron chi connectivity index (χ1n) is 6.81. The number of hydrogen-bond donors (Lipinski definition) is 2. The quantitative estimate of drug-likeness (QED) is 0.648. The zero-order chi connectivity index (χ0) is 14.5. The van der Waals surface area contributed by atoms with Crippen LogP contribution in [0.3, 0.4) is 0 Å². The summed E-state index contributed by atoms with van der Waals surface area (Å²) < 4.78 is 5.41. The zero-order valence-corrected chi connectivity index (χ0v) is 12.3. The van der Waals surface area contributed by atoms with Crippen LogP contribution >= 0.6 is 0 Å². The van der Waals surface area contributed by atoms with E-state index in [0.717, 1.165) is 17.7 Å². The van der Waals surface area contributed by atoms with Crippen LogP contribution in [0.2, 0.25) is 0 Å². The summed E-state index contributed by atoms with van der Waals surface area (Å²) >= 11 is 0. The highest BCUT2D eigenvalue weighted by Crippen LogP contribution is 2.26. The van der Waals surface area contributed by atoms with Crippen LogP contribution in [0, 0.1) is 13.8 Å². The van der Waals surface area contributed by atoms with Crippen molar-refractivity contribution in [1.82, 2.24) is 5.43 Å². The molecule has 0 saturated heterocycles. The molecule has 20 heavy (non-hydrogen) atoms. The van der Waals surface area contributed by atoms with Crippen LogP contribution in [-0.4, -0.2) is 7.11 Å². The van der Waals surface area contributed by atoms with Gasteiger partial charge in [0.25, 0.3) is 0 Å². The second kappa shape index (κ2) is 6.55. The summed E-state index contributed by atoms with van der Waals surface area (Å²) in [5, 5.41) is 0.